The Morgan fingerprint density at radius 3 is 1.54 bits per heavy atom. The fourth-order valence-corrected chi connectivity index (χ4v) is 4.41. The van der Waals surface area contributed by atoms with Crippen LogP contribution in [-0.2, 0) is 9.47 Å². The molecule has 0 spiro atoms. The number of benzene rings is 2. The molecule has 2 fully saturated rings. The molecular formula is C20H18O6. The summed E-state index contributed by atoms with van der Waals surface area (Å²) in [6, 6.07) is 12.1. The third-order valence-corrected chi connectivity index (χ3v) is 5.71. The minimum absolute atomic E-state index is 0.0218. The Morgan fingerprint density at radius 2 is 1.04 bits per heavy atom. The quantitative estimate of drug-likeness (QED) is 0.825. The molecule has 0 amide bonds. The van der Waals surface area contributed by atoms with Crippen LogP contribution >= 0.6 is 0 Å². The molecule has 0 bridgehead atoms. The largest absolute Gasteiger partial charge is 0.454 e. The Labute approximate surface area is 150 Å². The molecule has 6 rings (SSSR count). The lowest BCUT2D eigenvalue weighted by molar-refractivity contribution is 0.0192. The van der Waals surface area contributed by atoms with Gasteiger partial charge in [0.15, 0.2) is 23.0 Å². The van der Waals surface area contributed by atoms with E-state index in [0.717, 1.165) is 34.1 Å². The monoisotopic (exact) mass is 354 g/mol. The summed E-state index contributed by atoms with van der Waals surface area (Å²) in [7, 11) is 0. The predicted octanol–water partition coefficient (Wildman–Crippen LogP) is 3.22. The number of rotatable bonds is 2. The first-order valence-corrected chi connectivity index (χ1v) is 8.89. The minimum atomic E-state index is 0.0218. The van der Waals surface area contributed by atoms with Crippen LogP contribution in [0.1, 0.15) is 23.3 Å². The normalized spacial score (nSPS) is 30.6. The predicted molar refractivity (Wildman–Crippen MR) is 89.5 cm³/mol. The number of ether oxygens (including phenoxy) is 6. The molecule has 0 N–H and O–H groups in total. The summed E-state index contributed by atoms with van der Waals surface area (Å²) in [5, 5.41) is 0. The molecule has 2 unspecified atom stereocenters. The molecule has 0 saturated carbocycles. The van der Waals surface area contributed by atoms with Crippen molar-refractivity contribution in [3.05, 3.63) is 47.5 Å². The summed E-state index contributed by atoms with van der Waals surface area (Å²) in [5.74, 6) is 3.83. The van der Waals surface area contributed by atoms with E-state index in [0.29, 0.717) is 25.0 Å². The smallest absolute Gasteiger partial charge is 0.231 e. The van der Waals surface area contributed by atoms with E-state index in [2.05, 4.69) is 12.1 Å². The van der Waals surface area contributed by atoms with Crippen LogP contribution in [0.2, 0.25) is 0 Å². The summed E-state index contributed by atoms with van der Waals surface area (Å²) in [4.78, 5) is 0. The number of fused-ring (bicyclic) bond motifs is 3. The Bertz CT molecular complexity index is 794. The van der Waals surface area contributed by atoms with Gasteiger partial charge >= 0.3 is 0 Å². The molecule has 2 aromatic rings. The van der Waals surface area contributed by atoms with Crippen molar-refractivity contribution in [3.63, 3.8) is 0 Å². The third kappa shape index (κ3) is 2.12. The van der Waals surface area contributed by atoms with Gasteiger partial charge in [-0.05, 0) is 35.4 Å². The molecule has 4 atom stereocenters. The molecule has 6 heteroatoms. The Balaban J connectivity index is 1.27. The maximum atomic E-state index is 6.18. The molecule has 6 nitrogen and oxygen atoms in total. The topological polar surface area (TPSA) is 55.4 Å². The van der Waals surface area contributed by atoms with Gasteiger partial charge in [-0.3, -0.25) is 0 Å². The Kier molecular flexibility index (Phi) is 3.12. The number of hydrogen-bond acceptors (Lipinski definition) is 6. The molecule has 0 aliphatic carbocycles. The second-order valence-electron chi connectivity index (χ2n) is 7.06. The first kappa shape index (κ1) is 14.7. The standard InChI is InChI=1S/C20H18O6/c1-3-15-17(25-9-23-15)5-11(1)19-13-7-22-20(14(13)8-21-19)12-2-4-16-18(6-12)26-10-24-16/h1-6,13-14,19-20H,7-10H2/t13?,14?,19-,20-/m1/s1. The van der Waals surface area contributed by atoms with E-state index in [9.17, 15) is 0 Å². The third-order valence-electron chi connectivity index (χ3n) is 5.71. The van der Waals surface area contributed by atoms with Gasteiger partial charge in [-0.2, -0.15) is 0 Å². The molecule has 0 aromatic heterocycles. The lowest BCUT2D eigenvalue weighted by atomic mass is 9.85. The molecule has 4 heterocycles. The highest BCUT2D eigenvalue weighted by Gasteiger charge is 2.48. The molecule has 2 saturated heterocycles. The fraction of sp³-hybridized carbons (Fsp3) is 0.400. The number of hydrogen-bond donors (Lipinski definition) is 0. The van der Waals surface area contributed by atoms with E-state index < -0.39 is 0 Å². The van der Waals surface area contributed by atoms with Crippen molar-refractivity contribution in [1.29, 1.82) is 0 Å². The van der Waals surface area contributed by atoms with Crippen LogP contribution in [0.15, 0.2) is 36.4 Å². The van der Waals surface area contributed by atoms with Gasteiger partial charge in [0, 0.05) is 11.8 Å². The van der Waals surface area contributed by atoms with Gasteiger partial charge < -0.3 is 28.4 Å². The van der Waals surface area contributed by atoms with E-state index in [1.54, 1.807) is 0 Å². The van der Waals surface area contributed by atoms with Crippen molar-refractivity contribution in [2.24, 2.45) is 11.8 Å². The van der Waals surface area contributed by atoms with E-state index in [1.165, 1.54) is 0 Å². The van der Waals surface area contributed by atoms with Crippen LogP contribution in [0.25, 0.3) is 0 Å². The zero-order chi connectivity index (χ0) is 17.1. The van der Waals surface area contributed by atoms with Gasteiger partial charge in [0.25, 0.3) is 0 Å². The van der Waals surface area contributed by atoms with Gasteiger partial charge in [0.05, 0.1) is 25.4 Å². The average molecular weight is 354 g/mol. The van der Waals surface area contributed by atoms with E-state index in [4.69, 9.17) is 28.4 Å². The van der Waals surface area contributed by atoms with Gasteiger partial charge in [0.1, 0.15) is 0 Å². The SMILES string of the molecule is c1cc2c(cc1[C@H]1OCC3C1CO[C@@H]3c1ccc3c(c1)OCO3)OCO2. The highest BCUT2D eigenvalue weighted by molar-refractivity contribution is 5.46. The Morgan fingerprint density at radius 1 is 0.577 bits per heavy atom. The first-order chi connectivity index (χ1) is 12.9. The van der Waals surface area contributed by atoms with E-state index in [-0.39, 0.29) is 25.8 Å². The average Bonchev–Trinajstić information content (AvgIpc) is 3.42. The summed E-state index contributed by atoms with van der Waals surface area (Å²) in [6.45, 7) is 1.93. The van der Waals surface area contributed by atoms with Gasteiger partial charge in [0.2, 0.25) is 13.6 Å². The molecule has 0 radical (unpaired) electrons. The van der Waals surface area contributed by atoms with Crippen molar-refractivity contribution in [2.45, 2.75) is 12.2 Å². The first-order valence-electron chi connectivity index (χ1n) is 8.89. The summed E-state index contributed by atoms with van der Waals surface area (Å²) < 4.78 is 34.2. The van der Waals surface area contributed by atoms with Crippen LogP contribution in [-0.4, -0.2) is 26.8 Å². The second-order valence-corrected chi connectivity index (χ2v) is 7.06. The van der Waals surface area contributed by atoms with Crippen LogP contribution in [0.5, 0.6) is 23.0 Å². The zero-order valence-electron chi connectivity index (χ0n) is 14.1. The van der Waals surface area contributed by atoms with Gasteiger partial charge in [-0.25, -0.2) is 0 Å². The Hall–Kier alpha value is -2.44. The van der Waals surface area contributed by atoms with Crippen LogP contribution < -0.4 is 18.9 Å². The van der Waals surface area contributed by atoms with Crippen LogP contribution in [0.4, 0.5) is 0 Å². The lowest BCUT2D eigenvalue weighted by Crippen LogP contribution is -2.14. The summed E-state index contributed by atoms with van der Waals surface area (Å²) >= 11 is 0. The van der Waals surface area contributed by atoms with Gasteiger partial charge in [-0.1, -0.05) is 12.1 Å². The minimum Gasteiger partial charge on any atom is -0.454 e. The molecule has 4 aliphatic rings. The maximum absolute atomic E-state index is 6.18. The van der Waals surface area contributed by atoms with E-state index in [1.807, 2.05) is 24.3 Å². The highest BCUT2D eigenvalue weighted by Crippen LogP contribution is 2.52. The molecule has 2 aromatic carbocycles. The van der Waals surface area contributed by atoms with E-state index >= 15 is 0 Å². The van der Waals surface area contributed by atoms with Crippen molar-refractivity contribution in [1.82, 2.24) is 0 Å². The summed E-state index contributed by atoms with van der Waals surface area (Å²) in [5.41, 5.74) is 2.24. The molecule has 26 heavy (non-hydrogen) atoms. The molecular weight excluding hydrogens is 336 g/mol. The van der Waals surface area contributed by atoms with Crippen LogP contribution in [0, 0.1) is 11.8 Å². The van der Waals surface area contributed by atoms with Crippen molar-refractivity contribution in [2.75, 3.05) is 26.8 Å². The van der Waals surface area contributed by atoms with Crippen LogP contribution in [0.3, 0.4) is 0 Å². The maximum Gasteiger partial charge on any atom is 0.231 e. The fourth-order valence-electron chi connectivity index (χ4n) is 4.41. The van der Waals surface area contributed by atoms with Crippen molar-refractivity contribution >= 4 is 0 Å². The zero-order valence-corrected chi connectivity index (χ0v) is 14.1. The highest BCUT2D eigenvalue weighted by atomic mass is 16.7. The van der Waals surface area contributed by atoms with Crippen molar-refractivity contribution in [3.8, 4) is 23.0 Å². The van der Waals surface area contributed by atoms with Gasteiger partial charge in [-0.15, -0.1) is 0 Å². The second kappa shape index (κ2) is 5.53. The molecule has 4 aliphatic heterocycles. The molecule has 134 valence electrons. The lowest BCUT2D eigenvalue weighted by Gasteiger charge is -2.17. The van der Waals surface area contributed by atoms with Crippen molar-refractivity contribution < 1.29 is 28.4 Å². The summed E-state index contributed by atoms with van der Waals surface area (Å²) in [6.07, 6.45) is 0.0435.